The van der Waals surface area contributed by atoms with Crippen LogP contribution in [0.1, 0.15) is 23.7 Å². The number of hydrogen-bond acceptors (Lipinski definition) is 6. The van der Waals surface area contributed by atoms with E-state index in [9.17, 15) is 9.59 Å². The standard InChI is InChI=1S/C21H18ClNO5/c1-11-7-13(24)8-16(27-3)21(11)20(25)17-15(26-2)9-14(18(22)19(17)28-21)12-5-4-6-23-10-12/h4-6,8-11H,7H2,1-3H3/t11-,21+/m1/s1. The number of aromatic nitrogens is 1. The average molecular weight is 400 g/mol. The molecule has 144 valence electrons. The monoisotopic (exact) mass is 399 g/mol. The Bertz CT molecular complexity index is 1020. The smallest absolute Gasteiger partial charge is 0.231 e. The number of Topliss-reactive ketones (excluding diaryl/α,β-unsaturated/α-hetero) is 1. The second-order valence-electron chi connectivity index (χ2n) is 6.84. The average Bonchev–Trinajstić information content (AvgIpc) is 3.01. The number of pyridine rings is 1. The summed E-state index contributed by atoms with van der Waals surface area (Å²) >= 11 is 6.66. The van der Waals surface area contributed by atoms with Gasteiger partial charge in [-0.1, -0.05) is 24.6 Å². The topological polar surface area (TPSA) is 74.7 Å². The van der Waals surface area contributed by atoms with Gasteiger partial charge in [-0.15, -0.1) is 0 Å². The molecule has 2 aromatic rings. The van der Waals surface area contributed by atoms with Gasteiger partial charge in [-0.05, 0) is 12.1 Å². The maximum atomic E-state index is 13.5. The van der Waals surface area contributed by atoms with Crippen LogP contribution in [-0.2, 0) is 9.53 Å². The molecule has 0 saturated heterocycles. The van der Waals surface area contributed by atoms with Crippen molar-refractivity contribution < 1.29 is 23.8 Å². The van der Waals surface area contributed by atoms with Crippen molar-refractivity contribution in [3.05, 3.63) is 53.0 Å². The van der Waals surface area contributed by atoms with Crippen LogP contribution in [0.2, 0.25) is 5.02 Å². The van der Waals surface area contributed by atoms with Crippen LogP contribution in [0.5, 0.6) is 11.5 Å². The molecule has 1 aliphatic carbocycles. The summed E-state index contributed by atoms with van der Waals surface area (Å²) in [4.78, 5) is 29.7. The van der Waals surface area contributed by atoms with Crippen LogP contribution < -0.4 is 9.47 Å². The molecule has 0 N–H and O–H groups in total. The third kappa shape index (κ3) is 2.44. The zero-order valence-electron chi connectivity index (χ0n) is 15.6. The van der Waals surface area contributed by atoms with Crippen molar-refractivity contribution >= 4 is 23.2 Å². The molecule has 0 fully saturated rings. The summed E-state index contributed by atoms with van der Waals surface area (Å²) in [6, 6.07) is 5.35. The number of benzene rings is 1. The minimum atomic E-state index is -1.44. The summed E-state index contributed by atoms with van der Waals surface area (Å²) in [5.41, 5.74) is 0.220. The Morgan fingerprint density at radius 2 is 2.07 bits per heavy atom. The Morgan fingerprint density at radius 3 is 2.71 bits per heavy atom. The summed E-state index contributed by atoms with van der Waals surface area (Å²) in [6.45, 7) is 1.79. The number of allylic oxidation sites excluding steroid dienone is 1. The largest absolute Gasteiger partial charge is 0.496 e. The zero-order valence-corrected chi connectivity index (χ0v) is 16.4. The third-order valence-corrected chi connectivity index (χ3v) is 5.66. The van der Waals surface area contributed by atoms with Crippen molar-refractivity contribution in [3.8, 4) is 22.6 Å². The van der Waals surface area contributed by atoms with Crippen LogP contribution in [0.3, 0.4) is 0 Å². The molecule has 0 amide bonds. The van der Waals surface area contributed by atoms with Crippen molar-refractivity contribution in [2.24, 2.45) is 5.92 Å². The number of methoxy groups -OCH3 is 2. The number of rotatable bonds is 3. The molecule has 0 unspecified atom stereocenters. The first-order valence-corrected chi connectivity index (χ1v) is 9.15. The van der Waals surface area contributed by atoms with E-state index >= 15 is 0 Å². The second-order valence-corrected chi connectivity index (χ2v) is 7.22. The molecule has 1 aromatic heterocycles. The van der Waals surface area contributed by atoms with Crippen molar-refractivity contribution in [1.29, 1.82) is 0 Å². The van der Waals surface area contributed by atoms with Gasteiger partial charge in [0.25, 0.3) is 0 Å². The van der Waals surface area contributed by atoms with Gasteiger partial charge in [-0.3, -0.25) is 14.6 Å². The van der Waals surface area contributed by atoms with E-state index in [1.807, 2.05) is 6.07 Å². The molecule has 1 aromatic carbocycles. The van der Waals surface area contributed by atoms with Gasteiger partial charge in [0.05, 0.1) is 19.2 Å². The van der Waals surface area contributed by atoms with Crippen molar-refractivity contribution in [2.45, 2.75) is 18.9 Å². The molecule has 1 aliphatic heterocycles. The Hall–Kier alpha value is -2.86. The van der Waals surface area contributed by atoms with Crippen LogP contribution in [0.15, 0.2) is 42.4 Å². The Balaban J connectivity index is 1.95. The molecule has 28 heavy (non-hydrogen) atoms. The second kappa shape index (κ2) is 6.63. The molecule has 0 radical (unpaired) electrons. The van der Waals surface area contributed by atoms with Gasteiger partial charge in [0, 0.05) is 41.9 Å². The molecular weight excluding hydrogens is 382 g/mol. The summed E-state index contributed by atoms with van der Waals surface area (Å²) in [7, 11) is 2.90. The predicted octanol–water partition coefficient (Wildman–Crippen LogP) is 3.86. The third-order valence-electron chi connectivity index (χ3n) is 5.28. The first-order chi connectivity index (χ1) is 13.4. The van der Waals surface area contributed by atoms with Crippen LogP contribution in [0.25, 0.3) is 11.1 Å². The number of hydrogen-bond donors (Lipinski definition) is 0. The van der Waals surface area contributed by atoms with Gasteiger partial charge in [0.1, 0.15) is 11.3 Å². The maximum Gasteiger partial charge on any atom is 0.231 e. The SMILES string of the molecule is COC1=CC(=O)C[C@@H](C)[C@]12Oc1c(Cl)c(-c3cccnc3)cc(OC)c1C2=O. The Labute approximate surface area is 167 Å². The van der Waals surface area contributed by atoms with E-state index < -0.39 is 11.5 Å². The molecule has 7 heteroatoms. The van der Waals surface area contributed by atoms with Crippen LogP contribution >= 0.6 is 11.6 Å². The molecule has 2 heterocycles. The number of ketones is 2. The first kappa shape index (κ1) is 18.5. The van der Waals surface area contributed by atoms with E-state index in [-0.39, 0.29) is 40.1 Å². The van der Waals surface area contributed by atoms with Gasteiger partial charge >= 0.3 is 0 Å². The summed E-state index contributed by atoms with van der Waals surface area (Å²) in [5, 5.41) is 0.286. The minimum Gasteiger partial charge on any atom is -0.496 e. The van der Waals surface area contributed by atoms with Crippen LogP contribution in [0.4, 0.5) is 0 Å². The maximum absolute atomic E-state index is 13.5. The quantitative estimate of drug-likeness (QED) is 0.780. The number of nitrogens with zero attached hydrogens (tertiary/aromatic N) is 1. The first-order valence-electron chi connectivity index (χ1n) is 8.77. The van der Waals surface area contributed by atoms with Gasteiger partial charge in [-0.25, -0.2) is 0 Å². The molecule has 2 aliphatic rings. The minimum absolute atomic E-state index is 0.114. The van der Waals surface area contributed by atoms with Gasteiger partial charge in [0.15, 0.2) is 17.3 Å². The lowest BCUT2D eigenvalue weighted by Crippen LogP contribution is -2.51. The summed E-state index contributed by atoms with van der Waals surface area (Å²) < 4.78 is 17.1. The highest BCUT2D eigenvalue weighted by molar-refractivity contribution is 6.36. The van der Waals surface area contributed by atoms with Crippen molar-refractivity contribution in [3.63, 3.8) is 0 Å². The van der Waals surface area contributed by atoms with E-state index in [2.05, 4.69) is 4.98 Å². The molecule has 1 spiro atoms. The number of carbonyl (C=O) groups is 2. The molecule has 4 rings (SSSR count). The van der Waals surface area contributed by atoms with E-state index in [1.54, 1.807) is 31.5 Å². The molecule has 2 atom stereocenters. The fraction of sp³-hybridized carbons (Fsp3) is 0.286. The van der Waals surface area contributed by atoms with E-state index in [0.29, 0.717) is 11.3 Å². The number of carbonyl (C=O) groups excluding carboxylic acids is 2. The normalized spacial score (nSPS) is 23.3. The lowest BCUT2D eigenvalue weighted by Gasteiger charge is -2.36. The summed E-state index contributed by atoms with van der Waals surface area (Å²) in [5.74, 6) is -0.113. The lowest BCUT2D eigenvalue weighted by atomic mass is 9.75. The lowest BCUT2D eigenvalue weighted by molar-refractivity contribution is -0.118. The van der Waals surface area contributed by atoms with E-state index in [0.717, 1.165) is 5.56 Å². The molecular formula is C21H18ClNO5. The van der Waals surface area contributed by atoms with Crippen LogP contribution in [0, 0.1) is 5.92 Å². The van der Waals surface area contributed by atoms with Crippen LogP contribution in [-0.4, -0.2) is 36.4 Å². The van der Waals surface area contributed by atoms with Gasteiger partial charge < -0.3 is 14.2 Å². The Kier molecular flexibility index (Phi) is 4.38. The Morgan fingerprint density at radius 1 is 1.29 bits per heavy atom. The molecule has 6 nitrogen and oxygen atoms in total. The van der Waals surface area contributed by atoms with Gasteiger partial charge in [0.2, 0.25) is 11.4 Å². The number of halogens is 1. The van der Waals surface area contributed by atoms with E-state index in [1.165, 1.54) is 20.3 Å². The highest BCUT2D eigenvalue weighted by atomic mass is 35.5. The predicted molar refractivity (Wildman–Crippen MR) is 103 cm³/mol. The van der Waals surface area contributed by atoms with Gasteiger partial charge in [-0.2, -0.15) is 0 Å². The fourth-order valence-corrected chi connectivity index (χ4v) is 4.20. The van der Waals surface area contributed by atoms with Crippen molar-refractivity contribution in [2.75, 3.05) is 14.2 Å². The number of ether oxygens (including phenoxy) is 3. The zero-order chi connectivity index (χ0) is 20.1. The van der Waals surface area contributed by atoms with E-state index in [4.69, 9.17) is 25.8 Å². The molecule has 0 bridgehead atoms. The number of fused-ring (bicyclic) bond motifs is 1. The summed E-state index contributed by atoms with van der Waals surface area (Å²) in [6.07, 6.45) is 4.82. The van der Waals surface area contributed by atoms with Crippen molar-refractivity contribution in [1.82, 2.24) is 4.98 Å². The molecule has 0 saturated carbocycles. The highest BCUT2D eigenvalue weighted by Crippen LogP contribution is 2.54. The fourth-order valence-electron chi connectivity index (χ4n) is 3.91. The highest BCUT2D eigenvalue weighted by Gasteiger charge is 2.59.